The monoisotopic (exact) mass is 238 g/mol. The first-order chi connectivity index (χ1) is 8.09. The van der Waals surface area contributed by atoms with Crippen LogP contribution >= 0.6 is 0 Å². The van der Waals surface area contributed by atoms with Crippen molar-refractivity contribution in [1.29, 1.82) is 0 Å². The summed E-state index contributed by atoms with van der Waals surface area (Å²) in [5, 5.41) is 3.35. The molecule has 2 fully saturated rings. The van der Waals surface area contributed by atoms with Crippen LogP contribution in [-0.2, 0) is 9.59 Å². The van der Waals surface area contributed by atoms with Gasteiger partial charge in [-0.05, 0) is 25.7 Å². The van der Waals surface area contributed by atoms with Crippen LogP contribution in [0.2, 0.25) is 0 Å². The molecule has 0 bridgehead atoms. The molecule has 2 aliphatic rings. The Labute approximate surface area is 103 Å². The molecule has 0 aromatic carbocycles. The Morgan fingerprint density at radius 3 is 2.41 bits per heavy atom. The van der Waals surface area contributed by atoms with Crippen molar-refractivity contribution < 1.29 is 9.59 Å². The lowest BCUT2D eigenvalue weighted by molar-refractivity contribution is -0.137. The summed E-state index contributed by atoms with van der Waals surface area (Å²) in [5.74, 6) is 0.526. The standard InChI is InChI=1S/C13H22N2O2/c1-9(10-6-4-3-5-7-10)14-11-8-12(16)15(2)13(11)17/h9-11,14H,3-8H2,1-2H3. The normalized spacial score (nSPS) is 28.8. The molecule has 0 radical (unpaired) electrons. The van der Waals surface area contributed by atoms with Gasteiger partial charge in [-0.15, -0.1) is 0 Å². The second kappa shape index (κ2) is 5.17. The molecule has 0 spiro atoms. The molecule has 2 unspecified atom stereocenters. The topological polar surface area (TPSA) is 49.4 Å². The van der Waals surface area contributed by atoms with Crippen LogP contribution in [0, 0.1) is 5.92 Å². The number of hydrogen-bond acceptors (Lipinski definition) is 3. The summed E-state index contributed by atoms with van der Waals surface area (Å²) in [6.07, 6.45) is 6.76. The van der Waals surface area contributed by atoms with E-state index in [4.69, 9.17) is 0 Å². The highest BCUT2D eigenvalue weighted by Crippen LogP contribution is 2.27. The Kier molecular flexibility index (Phi) is 3.82. The van der Waals surface area contributed by atoms with Gasteiger partial charge in [0.05, 0.1) is 12.5 Å². The minimum atomic E-state index is -0.288. The van der Waals surface area contributed by atoms with Crippen LogP contribution in [0.5, 0.6) is 0 Å². The van der Waals surface area contributed by atoms with E-state index in [-0.39, 0.29) is 17.9 Å². The summed E-state index contributed by atoms with van der Waals surface area (Å²) in [6, 6.07) is 0.0491. The maximum atomic E-state index is 11.8. The fourth-order valence-corrected chi connectivity index (χ4v) is 2.97. The largest absolute Gasteiger partial charge is 0.303 e. The zero-order valence-corrected chi connectivity index (χ0v) is 10.7. The maximum absolute atomic E-state index is 11.8. The number of likely N-dealkylation sites (tertiary alicyclic amines) is 1. The first-order valence-electron chi connectivity index (χ1n) is 6.66. The van der Waals surface area contributed by atoms with Crippen molar-refractivity contribution in [3.8, 4) is 0 Å². The van der Waals surface area contributed by atoms with Crippen LogP contribution < -0.4 is 5.32 Å². The summed E-state index contributed by atoms with van der Waals surface area (Å²) in [4.78, 5) is 24.4. The van der Waals surface area contributed by atoms with E-state index in [9.17, 15) is 9.59 Å². The lowest BCUT2D eigenvalue weighted by Crippen LogP contribution is -2.45. The number of rotatable bonds is 3. The van der Waals surface area contributed by atoms with E-state index in [2.05, 4.69) is 12.2 Å². The first kappa shape index (κ1) is 12.6. The van der Waals surface area contributed by atoms with Gasteiger partial charge >= 0.3 is 0 Å². The van der Waals surface area contributed by atoms with Gasteiger partial charge in [-0.25, -0.2) is 0 Å². The number of imide groups is 1. The molecular weight excluding hydrogens is 216 g/mol. The van der Waals surface area contributed by atoms with E-state index < -0.39 is 0 Å². The van der Waals surface area contributed by atoms with Crippen LogP contribution in [0.3, 0.4) is 0 Å². The minimum Gasteiger partial charge on any atom is -0.303 e. The van der Waals surface area contributed by atoms with Crippen molar-refractivity contribution in [1.82, 2.24) is 10.2 Å². The van der Waals surface area contributed by atoms with Crippen molar-refractivity contribution >= 4 is 11.8 Å². The number of likely N-dealkylation sites (N-methyl/N-ethyl adjacent to an activating group) is 1. The van der Waals surface area contributed by atoms with Crippen molar-refractivity contribution in [2.75, 3.05) is 7.05 Å². The molecule has 17 heavy (non-hydrogen) atoms. The van der Waals surface area contributed by atoms with Gasteiger partial charge < -0.3 is 5.32 Å². The number of nitrogens with one attached hydrogen (secondary N) is 1. The summed E-state index contributed by atoms with van der Waals surface area (Å²) in [6.45, 7) is 2.14. The van der Waals surface area contributed by atoms with E-state index in [1.54, 1.807) is 7.05 Å². The fourth-order valence-electron chi connectivity index (χ4n) is 2.97. The van der Waals surface area contributed by atoms with Crippen molar-refractivity contribution in [2.24, 2.45) is 5.92 Å². The molecule has 96 valence electrons. The minimum absolute atomic E-state index is 0.0663. The Morgan fingerprint density at radius 1 is 1.24 bits per heavy atom. The van der Waals surface area contributed by atoms with Gasteiger partial charge in [-0.1, -0.05) is 19.3 Å². The molecule has 2 rings (SSSR count). The van der Waals surface area contributed by atoms with Crippen LogP contribution in [0.4, 0.5) is 0 Å². The summed E-state index contributed by atoms with van der Waals surface area (Å²) in [7, 11) is 1.57. The smallest absolute Gasteiger partial charge is 0.246 e. The summed E-state index contributed by atoms with van der Waals surface area (Å²) >= 11 is 0. The third-order valence-corrected chi connectivity index (χ3v) is 4.20. The van der Waals surface area contributed by atoms with E-state index in [1.807, 2.05) is 0 Å². The lowest BCUT2D eigenvalue weighted by atomic mass is 9.84. The zero-order valence-electron chi connectivity index (χ0n) is 10.7. The van der Waals surface area contributed by atoms with Gasteiger partial charge in [0.25, 0.3) is 0 Å². The van der Waals surface area contributed by atoms with Crippen LogP contribution in [0.15, 0.2) is 0 Å². The Balaban J connectivity index is 1.88. The number of nitrogens with zero attached hydrogens (tertiary/aromatic N) is 1. The van der Waals surface area contributed by atoms with E-state index >= 15 is 0 Å². The molecule has 1 saturated carbocycles. The molecule has 1 N–H and O–H groups in total. The third kappa shape index (κ3) is 2.68. The summed E-state index contributed by atoms with van der Waals surface area (Å²) in [5.41, 5.74) is 0. The second-order valence-corrected chi connectivity index (χ2v) is 5.40. The number of carbonyl (C=O) groups excluding carboxylic acids is 2. The van der Waals surface area contributed by atoms with Crippen molar-refractivity contribution in [3.05, 3.63) is 0 Å². The summed E-state index contributed by atoms with van der Waals surface area (Å²) < 4.78 is 0. The van der Waals surface area contributed by atoms with Gasteiger partial charge in [-0.3, -0.25) is 14.5 Å². The molecule has 2 atom stereocenters. The van der Waals surface area contributed by atoms with Gasteiger partial charge in [-0.2, -0.15) is 0 Å². The highest BCUT2D eigenvalue weighted by molar-refractivity contribution is 6.05. The van der Waals surface area contributed by atoms with Crippen LogP contribution in [0.1, 0.15) is 45.4 Å². The average molecular weight is 238 g/mol. The van der Waals surface area contributed by atoms with Crippen LogP contribution in [-0.4, -0.2) is 35.8 Å². The maximum Gasteiger partial charge on any atom is 0.246 e. The predicted octanol–water partition coefficient (Wildman–Crippen LogP) is 1.30. The van der Waals surface area contributed by atoms with E-state index in [0.29, 0.717) is 18.4 Å². The quantitative estimate of drug-likeness (QED) is 0.754. The second-order valence-electron chi connectivity index (χ2n) is 5.40. The van der Waals surface area contributed by atoms with Gasteiger partial charge in [0.15, 0.2) is 0 Å². The van der Waals surface area contributed by atoms with Gasteiger partial charge in [0.2, 0.25) is 11.8 Å². The first-order valence-corrected chi connectivity index (χ1v) is 6.66. The van der Waals surface area contributed by atoms with Gasteiger partial charge in [0, 0.05) is 13.1 Å². The van der Waals surface area contributed by atoms with Crippen molar-refractivity contribution in [2.45, 2.75) is 57.5 Å². The molecule has 1 heterocycles. The zero-order chi connectivity index (χ0) is 12.4. The molecule has 2 amide bonds. The molecule has 1 aliphatic heterocycles. The molecular formula is C13H22N2O2. The number of carbonyl (C=O) groups is 2. The number of hydrogen-bond donors (Lipinski definition) is 1. The SMILES string of the molecule is CC(NC1CC(=O)N(C)C1=O)C1CCCCC1. The Hall–Kier alpha value is -0.900. The fraction of sp³-hybridized carbons (Fsp3) is 0.846. The Bertz CT molecular complexity index is 311. The highest BCUT2D eigenvalue weighted by Gasteiger charge is 2.37. The molecule has 4 nitrogen and oxygen atoms in total. The molecule has 1 aliphatic carbocycles. The highest BCUT2D eigenvalue weighted by atomic mass is 16.2. The lowest BCUT2D eigenvalue weighted by Gasteiger charge is -2.29. The Morgan fingerprint density at radius 2 is 1.88 bits per heavy atom. The van der Waals surface area contributed by atoms with Gasteiger partial charge in [0.1, 0.15) is 0 Å². The molecule has 0 aromatic rings. The van der Waals surface area contributed by atoms with E-state index in [0.717, 1.165) is 0 Å². The molecule has 4 heteroatoms. The predicted molar refractivity (Wildman–Crippen MR) is 65.4 cm³/mol. The van der Waals surface area contributed by atoms with Crippen molar-refractivity contribution in [3.63, 3.8) is 0 Å². The molecule has 1 saturated heterocycles. The average Bonchev–Trinajstić information content (AvgIpc) is 2.58. The molecule has 0 aromatic heterocycles. The number of amides is 2. The van der Waals surface area contributed by atoms with Crippen LogP contribution in [0.25, 0.3) is 0 Å². The van der Waals surface area contributed by atoms with E-state index in [1.165, 1.54) is 37.0 Å². The third-order valence-electron chi connectivity index (χ3n) is 4.20.